The molecule has 0 fully saturated rings. The molecule has 1 rings (SSSR count). The fourth-order valence-corrected chi connectivity index (χ4v) is 1.89. The van der Waals surface area contributed by atoms with Gasteiger partial charge in [-0.05, 0) is 49.9 Å². The van der Waals surface area contributed by atoms with Crippen LogP contribution in [0, 0.1) is 5.92 Å². The molecule has 0 amide bonds. The summed E-state index contributed by atoms with van der Waals surface area (Å²) in [6.07, 6.45) is 1.93. The molecular formula is C17H29NO3. The zero-order valence-electron chi connectivity index (χ0n) is 13.6. The fraction of sp³-hybridized carbons (Fsp3) is 0.647. The maximum atomic E-state index is 5.75. The van der Waals surface area contributed by atoms with E-state index in [0.717, 1.165) is 30.9 Å². The molecule has 0 aliphatic heterocycles. The van der Waals surface area contributed by atoms with Crippen molar-refractivity contribution in [3.63, 3.8) is 0 Å². The van der Waals surface area contributed by atoms with Gasteiger partial charge in [0.2, 0.25) is 0 Å². The van der Waals surface area contributed by atoms with Crippen LogP contribution in [0.15, 0.2) is 18.2 Å². The van der Waals surface area contributed by atoms with Crippen LogP contribution < -0.4 is 15.2 Å². The maximum absolute atomic E-state index is 5.75. The zero-order chi connectivity index (χ0) is 15.5. The molecule has 0 heterocycles. The molecule has 0 spiro atoms. The number of hydrogen-bond acceptors (Lipinski definition) is 4. The highest BCUT2D eigenvalue weighted by Gasteiger charge is 2.06. The molecule has 120 valence electrons. The highest BCUT2D eigenvalue weighted by molar-refractivity contribution is 5.43. The second-order valence-electron chi connectivity index (χ2n) is 5.40. The Morgan fingerprint density at radius 3 is 2.52 bits per heavy atom. The quantitative estimate of drug-likeness (QED) is 0.638. The van der Waals surface area contributed by atoms with Gasteiger partial charge < -0.3 is 19.9 Å². The molecule has 0 aromatic heterocycles. The summed E-state index contributed by atoms with van der Waals surface area (Å²) in [6, 6.07) is 5.99. The van der Waals surface area contributed by atoms with Gasteiger partial charge in [0.05, 0.1) is 13.2 Å². The van der Waals surface area contributed by atoms with Crippen LogP contribution in [0.3, 0.4) is 0 Å². The largest absolute Gasteiger partial charge is 0.490 e. The lowest BCUT2D eigenvalue weighted by Crippen LogP contribution is -2.10. The summed E-state index contributed by atoms with van der Waals surface area (Å²) >= 11 is 0. The lowest BCUT2D eigenvalue weighted by Gasteiger charge is -2.13. The van der Waals surface area contributed by atoms with Crippen molar-refractivity contribution < 1.29 is 14.2 Å². The summed E-state index contributed by atoms with van der Waals surface area (Å²) in [4.78, 5) is 0. The van der Waals surface area contributed by atoms with Gasteiger partial charge in [-0.2, -0.15) is 0 Å². The SMILES string of the molecule is CCOc1cc(CCN)ccc1OCCOCCC(C)C. The Hall–Kier alpha value is -1.26. The maximum Gasteiger partial charge on any atom is 0.161 e. The molecule has 0 aliphatic rings. The number of rotatable bonds is 11. The second-order valence-corrected chi connectivity index (χ2v) is 5.40. The molecule has 4 heteroatoms. The Morgan fingerprint density at radius 2 is 1.86 bits per heavy atom. The third kappa shape index (κ3) is 7.34. The highest BCUT2D eigenvalue weighted by Crippen LogP contribution is 2.28. The van der Waals surface area contributed by atoms with Gasteiger partial charge in [-0.3, -0.25) is 0 Å². The van der Waals surface area contributed by atoms with E-state index < -0.39 is 0 Å². The normalized spacial score (nSPS) is 10.9. The fourth-order valence-electron chi connectivity index (χ4n) is 1.89. The van der Waals surface area contributed by atoms with Crippen LogP contribution in [0.4, 0.5) is 0 Å². The number of ether oxygens (including phenoxy) is 3. The second kappa shape index (κ2) is 10.5. The number of nitrogens with two attached hydrogens (primary N) is 1. The van der Waals surface area contributed by atoms with Crippen molar-refractivity contribution >= 4 is 0 Å². The van der Waals surface area contributed by atoms with Crippen LogP contribution in [0.2, 0.25) is 0 Å². The first-order chi connectivity index (χ1) is 10.2. The van der Waals surface area contributed by atoms with Crippen molar-refractivity contribution in [2.75, 3.05) is 33.0 Å². The van der Waals surface area contributed by atoms with E-state index in [-0.39, 0.29) is 0 Å². The van der Waals surface area contributed by atoms with E-state index in [1.165, 1.54) is 5.56 Å². The average Bonchev–Trinajstić information content (AvgIpc) is 2.45. The molecule has 0 atom stereocenters. The molecule has 4 nitrogen and oxygen atoms in total. The van der Waals surface area contributed by atoms with Gasteiger partial charge in [-0.25, -0.2) is 0 Å². The highest BCUT2D eigenvalue weighted by atomic mass is 16.5. The molecule has 0 saturated carbocycles. The lowest BCUT2D eigenvalue weighted by atomic mass is 10.1. The first-order valence-corrected chi connectivity index (χ1v) is 7.83. The van der Waals surface area contributed by atoms with Gasteiger partial charge in [0, 0.05) is 6.61 Å². The minimum atomic E-state index is 0.536. The van der Waals surface area contributed by atoms with Gasteiger partial charge in [0.25, 0.3) is 0 Å². The molecule has 0 saturated heterocycles. The number of benzene rings is 1. The minimum Gasteiger partial charge on any atom is -0.490 e. The molecule has 21 heavy (non-hydrogen) atoms. The average molecular weight is 295 g/mol. The Morgan fingerprint density at radius 1 is 1.05 bits per heavy atom. The zero-order valence-corrected chi connectivity index (χ0v) is 13.6. The van der Waals surface area contributed by atoms with Gasteiger partial charge >= 0.3 is 0 Å². The van der Waals surface area contributed by atoms with Crippen LogP contribution in [0.5, 0.6) is 11.5 Å². The predicted octanol–water partition coefficient (Wildman–Crippen LogP) is 3.03. The van der Waals surface area contributed by atoms with Crippen molar-refractivity contribution in [3.05, 3.63) is 23.8 Å². The van der Waals surface area contributed by atoms with Crippen molar-refractivity contribution in [1.29, 1.82) is 0 Å². The first kappa shape index (κ1) is 17.8. The molecular weight excluding hydrogens is 266 g/mol. The minimum absolute atomic E-state index is 0.536. The molecule has 2 N–H and O–H groups in total. The Labute approximate surface area is 128 Å². The monoisotopic (exact) mass is 295 g/mol. The van der Waals surface area contributed by atoms with Gasteiger partial charge in [0.1, 0.15) is 6.61 Å². The summed E-state index contributed by atoms with van der Waals surface area (Å²) in [7, 11) is 0. The summed E-state index contributed by atoms with van der Waals surface area (Å²) in [6.45, 7) is 9.53. The number of hydrogen-bond donors (Lipinski definition) is 1. The molecule has 0 radical (unpaired) electrons. The van der Waals surface area contributed by atoms with Crippen LogP contribution in [0.1, 0.15) is 32.8 Å². The molecule has 0 unspecified atom stereocenters. The van der Waals surface area contributed by atoms with E-state index in [9.17, 15) is 0 Å². The van der Waals surface area contributed by atoms with E-state index >= 15 is 0 Å². The molecule has 1 aromatic rings. The van der Waals surface area contributed by atoms with Gasteiger partial charge in [-0.1, -0.05) is 19.9 Å². The summed E-state index contributed by atoms with van der Waals surface area (Å²) in [5.74, 6) is 2.22. The Balaban J connectivity index is 2.42. The van der Waals surface area contributed by atoms with Crippen molar-refractivity contribution in [2.24, 2.45) is 11.7 Å². The van der Waals surface area contributed by atoms with E-state index in [2.05, 4.69) is 13.8 Å². The van der Waals surface area contributed by atoms with E-state index in [4.69, 9.17) is 19.9 Å². The third-order valence-corrected chi connectivity index (χ3v) is 3.07. The van der Waals surface area contributed by atoms with Gasteiger partial charge in [0.15, 0.2) is 11.5 Å². The van der Waals surface area contributed by atoms with E-state index in [1.54, 1.807) is 0 Å². The topological polar surface area (TPSA) is 53.7 Å². The molecule has 1 aromatic carbocycles. The van der Waals surface area contributed by atoms with Crippen LogP contribution in [-0.2, 0) is 11.2 Å². The standard InChI is InChI=1S/C17H29NO3/c1-4-20-17-13-15(7-9-18)5-6-16(17)21-12-11-19-10-8-14(2)3/h5-6,13-14H,4,7-12,18H2,1-3H3. The Kier molecular flexibility index (Phi) is 8.87. The third-order valence-electron chi connectivity index (χ3n) is 3.07. The first-order valence-electron chi connectivity index (χ1n) is 7.83. The Bertz CT molecular complexity index is 394. The van der Waals surface area contributed by atoms with Crippen LogP contribution in [-0.4, -0.2) is 33.0 Å². The summed E-state index contributed by atoms with van der Waals surface area (Å²) < 4.78 is 16.9. The van der Waals surface area contributed by atoms with Crippen LogP contribution in [0.25, 0.3) is 0 Å². The molecule has 0 bridgehead atoms. The van der Waals surface area contributed by atoms with Crippen molar-refractivity contribution in [2.45, 2.75) is 33.6 Å². The van der Waals surface area contributed by atoms with Gasteiger partial charge in [-0.15, -0.1) is 0 Å². The predicted molar refractivity (Wildman–Crippen MR) is 86.1 cm³/mol. The van der Waals surface area contributed by atoms with Crippen molar-refractivity contribution in [1.82, 2.24) is 0 Å². The van der Waals surface area contributed by atoms with E-state index in [1.807, 2.05) is 25.1 Å². The lowest BCUT2D eigenvalue weighted by molar-refractivity contribution is 0.0914. The smallest absolute Gasteiger partial charge is 0.161 e. The van der Waals surface area contributed by atoms with Crippen molar-refractivity contribution in [3.8, 4) is 11.5 Å². The summed E-state index contributed by atoms with van der Waals surface area (Å²) in [5.41, 5.74) is 6.75. The van der Waals surface area contributed by atoms with Crippen LogP contribution >= 0.6 is 0 Å². The van der Waals surface area contributed by atoms with E-state index in [0.29, 0.717) is 32.3 Å². The molecule has 0 aliphatic carbocycles. The summed E-state index contributed by atoms with van der Waals surface area (Å²) in [5, 5.41) is 0.